The van der Waals surface area contributed by atoms with Crippen LogP contribution >= 0.6 is 0 Å². The molecule has 0 bridgehead atoms. The topological polar surface area (TPSA) is 64.1 Å². The fourth-order valence-corrected chi connectivity index (χ4v) is 4.71. The first-order valence-corrected chi connectivity index (χ1v) is 12.7. The van der Waals surface area contributed by atoms with Crippen molar-refractivity contribution in [2.45, 2.75) is 90.1 Å². The highest BCUT2D eigenvalue weighted by Crippen LogP contribution is 2.44. The van der Waals surface area contributed by atoms with Crippen molar-refractivity contribution in [2.24, 2.45) is 5.92 Å². The highest BCUT2D eigenvalue weighted by atomic mass is 19.3. The number of cyclic esters (lactones) is 1. The number of carbonyl (C=O) groups is 1. The van der Waals surface area contributed by atoms with Gasteiger partial charge in [-0.25, -0.2) is 27.3 Å². The Morgan fingerprint density at radius 2 is 1.89 bits per heavy atom. The molecule has 1 aliphatic heterocycles. The Morgan fingerprint density at radius 1 is 1.16 bits per heavy atom. The maximum absolute atomic E-state index is 15.1. The molecular weight excluding hydrogens is 493 g/mol. The SMILES string of the molecule is CCCC(CF)(CC[C@H](C)CC)c1cc(C(F)(F)CC)cc(-c2ccnc3c2C(C(F)F)OC(=O)N3)n1. The minimum Gasteiger partial charge on any atom is -0.435 e. The van der Waals surface area contributed by atoms with Crippen molar-refractivity contribution in [2.75, 3.05) is 12.0 Å². The summed E-state index contributed by atoms with van der Waals surface area (Å²) in [7, 11) is 0. The molecule has 5 nitrogen and oxygen atoms in total. The van der Waals surface area contributed by atoms with E-state index < -0.39 is 43.1 Å². The predicted octanol–water partition coefficient (Wildman–Crippen LogP) is 8.35. The number of nitrogens with one attached hydrogen (secondary N) is 1. The van der Waals surface area contributed by atoms with Crippen molar-refractivity contribution < 1.29 is 31.5 Å². The van der Waals surface area contributed by atoms with Gasteiger partial charge < -0.3 is 4.74 Å². The second-order valence-electron chi connectivity index (χ2n) is 9.81. The van der Waals surface area contributed by atoms with Crippen LogP contribution in [-0.2, 0) is 16.1 Å². The molecule has 204 valence electrons. The van der Waals surface area contributed by atoms with Crippen LogP contribution in [0.2, 0.25) is 0 Å². The number of halogens is 5. The highest BCUT2D eigenvalue weighted by molar-refractivity contribution is 5.89. The molecule has 3 heterocycles. The van der Waals surface area contributed by atoms with E-state index in [0.29, 0.717) is 31.6 Å². The molecule has 0 fully saturated rings. The molecule has 0 radical (unpaired) electrons. The number of alkyl halides is 5. The number of rotatable bonds is 12. The molecule has 10 heteroatoms. The number of ether oxygens (including phenoxy) is 1. The van der Waals surface area contributed by atoms with Gasteiger partial charge in [0.05, 0.1) is 17.0 Å². The van der Waals surface area contributed by atoms with E-state index >= 15 is 8.78 Å². The molecule has 3 atom stereocenters. The van der Waals surface area contributed by atoms with E-state index in [9.17, 15) is 18.0 Å². The maximum Gasteiger partial charge on any atom is 0.413 e. The Hall–Kier alpha value is -2.78. The van der Waals surface area contributed by atoms with Gasteiger partial charge in [0.15, 0.2) is 6.10 Å². The first-order chi connectivity index (χ1) is 17.5. The zero-order valence-corrected chi connectivity index (χ0v) is 21.6. The maximum atomic E-state index is 15.1. The van der Waals surface area contributed by atoms with Gasteiger partial charge in [0.25, 0.3) is 12.3 Å². The first-order valence-electron chi connectivity index (χ1n) is 12.7. The largest absolute Gasteiger partial charge is 0.435 e. The Morgan fingerprint density at radius 3 is 2.49 bits per heavy atom. The molecule has 2 aromatic heterocycles. The first kappa shape index (κ1) is 28.8. The molecular formula is C27H34F5N3O2. The van der Waals surface area contributed by atoms with Crippen LogP contribution in [0, 0.1) is 5.92 Å². The van der Waals surface area contributed by atoms with Crippen LogP contribution in [0.3, 0.4) is 0 Å². The van der Waals surface area contributed by atoms with Gasteiger partial charge in [-0.1, -0.05) is 40.5 Å². The number of carbonyl (C=O) groups excluding carboxylic acids is 1. The zero-order chi connectivity index (χ0) is 27.4. The molecule has 0 saturated heterocycles. The van der Waals surface area contributed by atoms with Gasteiger partial charge in [-0.2, -0.15) is 0 Å². The Labute approximate surface area is 214 Å². The molecule has 0 spiro atoms. The van der Waals surface area contributed by atoms with E-state index in [1.54, 1.807) is 0 Å². The monoisotopic (exact) mass is 527 g/mol. The molecule has 0 saturated carbocycles. The summed E-state index contributed by atoms with van der Waals surface area (Å²) in [6.45, 7) is 6.52. The molecule has 37 heavy (non-hydrogen) atoms. The number of hydrogen-bond donors (Lipinski definition) is 1. The summed E-state index contributed by atoms with van der Waals surface area (Å²) in [5, 5.41) is 2.28. The average Bonchev–Trinajstić information content (AvgIpc) is 2.89. The Bertz CT molecular complexity index is 1100. The smallest absolute Gasteiger partial charge is 0.413 e. The molecule has 1 amide bonds. The lowest BCUT2D eigenvalue weighted by Crippen LogP contribution is -2.32. The van der Waals surface area contributed by atoms with Crippen LogP contribution in [0.1, 0.15) is 89.1 Å². The second-order valence-corrected chi connectivity index (χ2v) is 9.81. The minimum absolute atomic E-state index is 0.0258. The average molecular weight is 528 g/mol. The normalized spacial score (nSPS) is 18.1. The third-order valence-corrected chi connectivity index (χ3v) is 7.27. The summed E-state index contributed by atoms with van der Waals surface area (Å²) < 4.78 is 77.6. The molecule has 1 N–H and O–H groups in total. The number of anilines is 1. The molecule has 0 aliphatic carbocycles. The van der Waals surface area contributed by atoms with Gasteiger partial charge in [-0.3, -0.25) is 14.7 Å². The van der Waals surface area contributed by atoms with Gasteiger partial charge in [-0.05, 0) is 43.4 Å². The van der Waals surface area contributed by atoms with Gasteiger partial charge in [0, 0.05) is 29.2 Å². The summed E-state index contributed by atoms with van der Waals surface area (Å²) in [6.07, 6.45) is -2.39. The third kappa shape index (κ3) is 6.04. The van der Waals surface area contributed by atoms with E-state index in [-0.39, 0.29) is 33.9 Å². The van der Waals surface area contributed by atoms with Crippen molar-refractivity contribution in [3.8, 4) is 11.3 Å². The van der Waals surface area contributed by atoms with E-state index in [0.717, 1.165) is 12.5 Å². The summed E-state index contributed by atoms with van der Waals surface area (Å²) in [5.41, 5.74) is -1.42. The zero-order valence-electron chi connectivity index (χ0n) is 21.6. The Balaban J connectivity index is 2.28. The van der Waals surface area contributed by atoms with Crippen LogP contribution in [0.25, 0.3) is 11.3 Å². The van der Waals surface area contributed by atoms with Crippen LogP contribution in [-0.4, -0.2) is 29.2 Å². The van der Waals surface area contributed by atoms with Crippen molar-refractivity contribution in [3.63, 3.8) is 0 Å². The lowest BCUT2D eigenvalue weighted by atomic mass is 9.74. The van der Waals surface area contributed by atoms with E-state index in [1.807, 2.05) is 13.8 Å². The summed E-state index contributed by atoms with van der Waals surface area (Å²) in [4.78, 5) is 20.4. The predicted molar refractivity (Wildman–Crippen MR) is 132 cm³/mol. The fourth-order valence-electron chi connectivity index (χ4n) is 4.71. The summed E-state index contributed by atoms with van der Waals surface area (Å²) in [6, 6.07) is 3.77. The van der Waals surface area contributed by atoms with Crippen molar-refractivity contribution in [1.82, 2.24) is 9.97 Å². The van der Waals surface area contributed by atoms with E-state index in [2.05, 4.69) is 22.2 Å². The standard InChI is InChI=1S/C27H34F5N3O2/c1-5-10-26(15-28,11-8-16(4)6-2)20-14-17(27(31,32)7-3)13-19(34-20)18-9-12-33-24-21(18)22(23(29)30)37-25(36)35-24/h9,12-14,16,22-23H,5-8,10-11,15H2,1-4H3,(H,33,35,36)/t16-,22?,26?/m1/s1. The van der Waals surface area contributed by atoms with Crippen LogP contribution in [0.5, 0.6) is 0 Å². The molecule has 0 aromatic carbocycles. The number of nitrogens with zero attached hydrogens (tertiary/aromatic N) is 2. The van der Waals surface area contributed by atoms with Gasteiger partial charge in [0.2, 0.25) is 0 Å². The van der Waals surface area contributed by atoms with E-state index in [4.69, 9.17) is 4.74 Å². The van der Waals surface area contributed by atoms with Crippen molar-refractivity contribution in [3.05, 3.63) is 41.2 Å². The van der Waals surface area contributed by atoms with Gasteiger partial charge >= 0.3 is 6.09 Å². The quantitative estimate of drug-likeness (QED) is 0.282. The molecule has 2 aromatic rings. The van der Waals surface area contributed by atoms with E-state index in [1.165, 1.54) is 25.3 Å². The highest BCUT2D eigenvalue weighted by Gasteiger charge is 2.40. The number of aromatic nitrogens is 2. The summed E-state index contributed by atoms with van der Waals surface area (Å²) >= 11 is 0. The van der Waals surface area contributed by atoms with Gasteiger partial charge in [0.1, 0.15) is 12.5 Å². The minimum atomic E-state index is -3.25. The fraction of sp³-hybridized carbons (Fsp3) is 0.593. The number of hydrogen-bond acceptors (Lipinski definition) is 4. The summed E-state index contributed by atoms with van der Waals surface area (Å²) in [5.74, 6) is -3.10. The lowest BCUT2D eigenvalue weighted by molar-refractivity contribution is -0.0168. The second kappa shape index (κ2) is 11.7. The van der Waals surface area contributed by atoms with Crippen LogP contribution in [0.15, 0.2) is 24.4 Å². The Kier molecular flexibility index (Phi) is 9.13. The third-order valence-electron chi connectivity index (χ3n) is 7.27. The number of amides is 1. The van der Waals surface area contributed by atoms with Crippen LogP contribution < -0.4 is 5.32 Å². The number of fused-ring (bicyclic) bond motifs is 1. The molecule has 3 rings (SSSR count). The molecule has 1 aliphatic rings. The van der Waals surface area contributed by atoms with Gasteiger partial charge in [-0.15, -0.1) is 0 Å². The van der Waals surface area contributed by atoms with Crippen molar-refractivity contribution in [1.29, 1.82) is 0 Å². The lowest BCUT2D eigenvalue weighted by Gasteiger charge is -2.33. The number of pyridine rings is 2. The van der Waals surface area contributed by atoms with Crippen molar-refractivity contribution >= 4 is 11.9 Å². The van der Waals surface area contributed by atoms with Crippen LogP contribution in [0.4, 0.5) is 32.6 Å². The molecule has 2 unspecified atom stereocenters.